The number of carbonyl (C=O) groups is 2. The van der Waals surface area contributed by atoms with Gasteiger partial charge in [0.1, 0.15) is 0 Å². The largest absolute Gasteiger partial charge is 0.332 e. The number of para-hydroxylation sites is 1. The zero-order valence-electron chi connectivity index (χ0n) is 12.8. The van der Waals surface area contributed by atoms with E-state index >= 15 is 0 Å². The third-order valence-corrected chi connectivity index (χ3v) is 4.24. The molecule has 1 aromatic rings. The average Bonchev–Trinajstić information content (AvgIpc) is 3.02. The summed E-state index contributed by atoms with van der Waals surface area (Å²) in [6.45, 7) is 3.15. The van der Waals surface area contributed by atoms with Gasteiger partial charge < -0.3 is 15.5 Å². The lowest BCUT2D eigenvalue weighted by atomic mass is 10.2. The summed E-state index contributed by atoms with van der Waals surface area (Å²) in [5, 5.41) is 6.56. The quantitative estimate of drug-likeness (QED) is 0.825. The molecule has 1 unspecified atom stereocenters. The van der Waals surface area contributed by atoms with Crippen molar-refractivity contribution in [3.05, 3.63) is 28.2 Å². The Kier molecular flexibility index (Phi) is 8.12. The summed E-state index contributed by atoms with van der Waals surface area (Å²) in [5.41, 5.74) is 0.373. The van der Waals surface area contributed by atoms with Crippen LogP contribution in [0.3, 0.4) is 0 Å². The molecule has 0 aromatic heterocycles. The summed E-state index contributed by atoms with van der Waals surface area (Å²) < 4.78 is 0. The first-order valence-corrected chi connectivity index (χ1v) is 8.04. The van der Waals surface area contributed by atoms with Gasteiger partial charge in [-0.3, -0.25) is 9.59 Å². The Balaban J connectivity index is 0.00000264. The Morgan fingerprint density at radius 1 is 1.35 bits per heavy atom. The standard InChI is InChI=1S/C15H19Cl2N3O2.ClH/c1-2-20(15(22)12-7-4-8-18-12)9-13(21)19-14-10(16)5-3-6-11(14)17;/h3,5-6,12,18H,2,4,7-9H2,1H3,(H,19,21);1H. The number of hydrogen-bond acceptors (Lipinski definition) is 3. The van der Waals surface area contributed by atoms with Crippen LogP contribution in [0, 0.1) is 0 Å². The summed E-state index contributed by atoms with van der Waals surface area (Å²) >= 11 is 12.0. The van der Waals surface area contributed by atoms with Crippen molar-refractivity contribution in [2.24, 2.45) is 0 Å². The van der Waals surface area contributed by atoms with E-state index in [9.17, 15) is 9.59 Å². The molecule has 1 aliphatic rings. The van der Waals surface area contributed by atoms with Crippen molar-refractivity contribution >= 4 is 53.1 Å². The van der Waals surface area contributed by atoms with E-state index in [4.69, 9.17) is 23.2 Å². The van der Waals surface area contributed by atoms with Gasteiger partial charge >= 0.3 is 0 Å². The van der Waals surface area contributed by atoms with Gasteiger partial charge in [-0.2, -0.15) is 0 Å². The second kappa shape index (κ2) is 9.33. The predicted molar refractivity (Wildman–Crippen MR) is 95.6 cm³/mol. The molecule has 1 atom stereocenters. The van der Waals surface area contributed by atoms with Crippen molar-refractivity contribution in [2.45, 2.75) is 25.8 Å². The SMILES string of the molecule is CCN(CC(=O)Nc1c(Cl)cccc1Cl)C(=O)C1CCCN1.Cl. The van der Waals surface area contributed by atoms with Gasteiger partial charge in [-0.15, -0.1) is 12.4 Å². The van der Waals surface area contributed by atoms with E-state index < -0.39 is 0 Å². The van der Waals surface area contributed by atoms with Gasteiger partial charge in [0.05, 0.1) is 28.3 Å². The molecule has 1 aromatic carbocycles. The molecular formula is C15H20Cl3N3O2. The first-order chi connectivity index (χ1) is 10.5. The lowest BCUT2D eigenvalue weighted by Crippen LogP contribution is -2.46. The van der Waals surface area contributed by atoms with Gasteiger partial charge in [-0.1, -0.05) is 29.3 Å². The molecule has 0 saturated carbocycles. The van der Waals surface area contributed by atoms with Gasteiger partial charge in [0.15, 0.2) is 0 Å². The highest BCUT2D eigenvalue weighted by atomic mass is 35.5. The van der Waals surface area contributed by atoms with Crippen LogP contribution in [-0.4, -0.2) is 42.4 Å². The van der Waals surface area contributed by atoms with Crippen molar-refractivity contribution in [3.8, 4) is 0 Å². The van der Waals surface area contributed by atoms with Crippen molar-refractivity contribution in [1.82, 2.24) is 10.2 Å². The number of anilines is 1. The highest BCUT2D eigenvalue weighted by Gasteiger charge is 2.27. The number of amides is 2. The van der Waals surface area contributed by atoms with Crippen molar-refractivity contribution in [2.75, 3.05) is 25.0 Å². The molecule has 1 saturated heterocycles. The number of likely N-dealkylation sites (N-methyl/N-ethyl adjacent to an activating group) is 1. The first kappa shape index (κ1) is 20.0. The van der Waals surface area contributed by atoms with Crippen LogP contribution in [-0.2, 0) is 9.59 Å². The molecule has 5 nitrogen and oxygen atoms in total. The second-order valence-corrected chi connectivity index (χ2v) is 5.96. The minimum absolute atomic E-state index is 0. The third-order valence-electron chi connectivity index (χ3n) is 3.61. The van der Waals surface area contributed by atoms with Crippen LogP contribution in [0.2, 0.25) is 10.0 Å². The molecule has 0 spiro atoms. The molecule has 0 radical (unpaired) electrons. The fourth-order valence-electron chi connectivity index (χ4n) is 2.43. The van der Waals surface area contributed by atoms with Crippen LogP contribution >= 0.6 is 35.6 Å². The molecule has 1 fully saturated rings. The van der Waals surface area contributed by atoms with Crippen molar-refractivity contribution in [3.63, 3.8) is 0 Å². The van der Waals surface area contributed by atoms with Crippen LogP contribution < -0.4 is 10.6 Å². The Morgan fingerprint density at radius 3 is 2.52 bits per heavy atom. The fourth-order valence-corrected chi connectivity index (χ4v) is 2.92. The smallest absolute Gasteiger partial charge is 0.244 e. The summed E-state index contributed by atoms with van der Waals surface area (Å²) in [6.07, 6.45) is 1.79. The maximum Gasteiger partial charge on any atom is 0.244 e. The highest BCUT2D eigenvalue weighted by Crippen LogP contribution is 2.29. The summed E-state index contributed by atoms with van der Waals surface area (Å²) in [4.78, 5) is 26.0. The fraction of sp³-hybridized carbons (Fsp3) is 0.467. The van der Waals surface area contributed by atoms with E-state index in [1.54, 1.807) is 18.2 Å². The molecule has 1 aliphatic heterocycles. The van der Waals surface area contributed by atoms with Crippen molar-refractivity contribution < 1.29 is 9.59 Å². The van der Waals surface area contributed by atoms with Gasteiger partial charge in [0, 0.05) is 6.54 Å². The summed E-state index contributed by atoms with van der Waals surface area (Å²) in [7, 11) is 0. The van der Waals surface area contributed by atoms with Crippen LogP contribution in [0.4, 0.5) is 5.69 Å². The number of benzene rings is 1. The zero-order valence-corrected chi connectivity index (χ0v) is 15.1. The molecule has 1 heterocycles. The molecule has 0 aliphatic carbocycles. The molecule has 23 heavy (non-hydrogen) atoms. The Morgan fingerprint density at radius 2 is 2.00 bits per heavy atom. The van der Waals surface area contributed by atoms with Crippen LogP contribution in [0.15, 0.2) is 18.2 Å². The van der Waals surface area contributed by atoms with Crippen LogP contribution in [0.5, 0.6) is 0 Å². The Labute approximate surface area is 152 Å². The topological polar surface area (TPSA) is 61.4 Å². The van der Waals surface area contributed by atoms with E-state index in [2.05, 4.69) is 10.6 Å². The molecular weight excluding hydrogens is 361 g/mol. The Hall–Kier alpha value is -1.01. The molecule has 2 rings (SSSR count). The number of halogens is 3. The highest BCUT2D eigenvalue weighted by molar-refractivity contribution is 6.39. The van der Waals surface area contributed by atoms with E-state index in [1.807, 2.05) is 6.92 Å². The van der Waals surface area contributed by atoms with Gasteiger partial charge in [0.2, 0.25) is 11.8 Å². The van der Waals surface area contributed by atoms with Crippen LogP contribution in [0.25, 0.3) is 0 Å². The average molecular weight is 381 g/mol. The van der Waals surface area contributed by atoms with E-state index in [-0.39, 0.29) is 36.8 Å². The van der Waals surface area contributed by atoms with Gasteiger partial charge in [-0.05, 0) is 38.4 Å². The lowest BCUT2D eigenvalue weighted by Gasteiger charge is -2.24. The van der Waals surface area contributed by atoms with Crippen LogP contribution in [0.1, 0.15) is 19.8 Å². The van der Waals surface area contributed by atoms with E-state index in [0.717, 1.165) is 19.4 Å². The maximum atomic E-state index is 12.3. The number of nitrogens with one attached hydrogen (secondary N) is 2. The lowest BCUT2D eigenvalue weighted by molar-refractivity contribution is -0.136. The predicted octanol–water partition coefficient (Wildman–Crippen LogP) is 2.95. The number of rotatable bonds is 5. The number of hydrogen-bond donors (Lipinski definition) is 2. The summed E-state index contributed by atoms with van der Waals surface area (Å²) in [5.74, 6) is -0.358. The minimum atomic E-state index is -0.316. The van der Waals surface area contributed by atoms with Gasteiger partial charge in [-0.25, -0.2) is 0 Å². The molecule has 2 amide bonds. The van der Waals surface area contributed by atoms with E-state index in [1.165, 1.54) is 4.90 Å². The molecule has 2 N–H and O–H groups in total. The van der Waals surface area contributed by atoms with Crippen molar-refractivity contribution in [1.29, 1.82) is 0 Å². The maximum absolute atomic E-state index is 12.3. The van der Waals surface area contributed by atoms with E-state index in [0.29, 0.717) is 22.3 Å². The normalized spacial score (nSPS) is 16.6. The first-order valence-electron chi connectivity index (χ1n) is 7.29. The van der Waals surface area contributed by atoms with Gasteiger partial charge in [0.25, 0.3) is 0 Å². The number of carbonyl (C=O) groups excluding carboxylic acids is 2. The number of nitrogens with zero attached hydrogens (tertiary/aromatic N) is 1. The summed E-state index contributed by atoms with van der Waals surface area (Å²) in [6, 6.07) is 4.81. The molecule has 0 bridgehead atoms. The minimum Gasteiger partial charge on any atom is -0.332 e. The monoisotopic (exact) mass is 379 g/mol. The Bertz CT molecular complexity index is 543. The molecule has 128 valence electrons. The third kappa shape index (κ3) is 5.24. The zero-order chi connectivity index (χ0) is 16.1. The second-order valence-electron chi connectivity index (χ2n) is 5.15. The molecule has 8 heteroatoms.